The van der Waals surface area contributed by atoms with E-state index >= 15 is 0 Å². The summed E-state index contributed by atoms with van der Waals surface area (Å²) in [5, 5.41) is 0. The standard InChI is InChI=1S/C22H23F2N3O3/c1-2-30-22(29)16-7-9-20(25-15-16)26-11-4-12-27(14-13-26)21(28)10-8-17-18(23)5-3-6-19(17)24/h3,5-10,15H,2,4,11-14H2,1H3/b10-8+. The van der Waals surface area contributed by atoms with Gasteiger partial charge in [-0.05, 0) is 43.7 Å². The maximum atomic E-state index is 13.7. The molecule has 2 aromatic rings. The zero-order valence-electron chi connectivity index (χ0n) is 16.7. The van der Waals surface area contributed by atoms with E-state index in [1.165, 1.54) is 24.4 Å². The molecule has 0 unspecified atom stereocenters. The highest BCUT2D eigenvalue weighted by Crippen LogP contribution is 2.17. The molecule has 0 bridgehead atoms. The quantitative estimate of drug-likeness (QED) is 0.554. The molecule has 1 amide bonds. The highest BCUT2D eigenvalue weighted by atomic mass is 19.1. The van der Waals surface area contributed by atoms with Gasteiger partial charge in [0, 0.05) is 44.0 Å². The molecule has 0 saturated carbocycles. The van der Waals surface area contributed by atoms with Crippen LogP contribution in [0.15, 0.2) is 42.6 Å². The predicted molar refractivity (Wildman–Crippen MR) is 109 cm³/mol. The Morgan fingerprint density at radius 2 is 1.87 bits per heavy atom. The minimum absolute atomic E-state index is 0.229. The first-order chi connectivity index (χ1) is 14.5. The van der Waals surface area contributed by atoms with Gasteiger partial charge in [-0.3, -0.25) is 4.79 Å². The molecule has 1 aliphatic rings. The number of aromatic nitrogens is 1. The fraction of sp³-hybridized carbons (Fsp3) is 0.318. The molecule has 158 valence electrons. The van der Waals surface area contributed by atoms with Crippen molar-refractivity contribution in [2.75, 3.05) is 37.7 Å². The summed E-state index contributed by atoms with van der Waals surface area (Å²) < 4.78 is 32.4. The van der Waals surface area contributed by atoms with Gasteiger partial charge < -0.3 is 14.5 Å². The van der Waals surface area contributed by atoms with E-state index in [9.17, 15) is 18.4 Å². The monoisotopic (exact) mass is 415 g/mol. The first-order valence-corrected chi connectivity index (χ1v) is 9.78. The average Bonchev–Trinajstić information content (AvgIpc) is 3.00. The van der Waals surface area contributed by atoms with Crippen molar-refractivity contribution in [3.63, 3.8) is 0 Å². The molecule has 1 aromatic carbocycles. The number of pyridine rings is 1. The summed E-state index contributed by atoms with van der Waals surface area (Å²) in [4.78, 5) is 32.2. The summed E-state index contributed by atoms with van der Waals surface area (Å²) in [5.74, 6) is -1.43. The van der Waals surface area contributed by atoms with E-state index in [0.29, 0.717) is 44.2 Å². The Labute approximate surface area is 173 Å². The topological polar surface area (TPSA) is 62.7 Å². The minimum atomic E-state index is -0.710. The number of nitrogens with zero attached hydrogens (tertiary/aromatic N) is 3. The molecule has 0 radical (unpaired) electrons. The number of carbonyl (C=O) groups is 2. The van der Waals surface area contributed by atoms with Crippen molar-refractivity contribution in [1.82, 2.24) is 9.88 Å². The number of hydrogen-bond acceptors (Lipinski definition) is 5. The van der Waals surface area contributed by atoms with Gasteiger partial charge in [0.15, 0.2) is 0 Å². The number of amides is 1. The van der Waals surface area contributed by atoms with Gasteiger partial charge in [0.1, 0.15) is 17.5 Å². The van der Waals surface area contributed by atoms with Crippen LogP contribution in [0.2, 0.25) is 0 Å². The van der Waals surface area contributed by atoms with Crippen molar-refractivity contribution >= 4 is 23.8 Å². The van der Waals surface area contributed by atoms with Crippen LogP contribution < -0.4 is 4.90 Å². The molecule has 3 rings (SSSR count). The largest absolute Gasteiger partial charge is 0.462 e. The smallest absolute Gasteiger partial charge is 0.339 e. The van der Waals surface area contributed by atoms with E-state index in [0.717, 1.165) is 18.6 Å². The van der Waals surface area contributed by atoms with Crippen LogP contribution in [0.5, 0.6) is 0 Å². The zero-order chi connectivity index (χ0) is 21.5. The molecule has 2 heterocycles. The normalized spacial score (nSPS) is 14.6. The molecular weight excluding hydrogens is 392 g/mol. The lowest BCUT2D eigenvalue weighted by Crippen LogP contribution is -2.34. The van der Waals surface area contributed by atoms with Crippen molar-refractivity contribution in [3.8, 4) is 0 Å². The van der Waals surface area contributed by atoms with Crippen LogP contribution >= 0.6 is 0 Å². The van der Waals surface area contributed by atoms with Gasteiger partial charge in [-0.1, -0.05) is 6.07 Å². The maximum absolute atomic E-state index is 13.7. The Balaban J connectivity index is 1.61. The van der Waals surface area contributed by atoms with E-state index in [4.69, 9.17) is 4.74 Å². The van der Waals surface area contributed by atoms with Gasteiger partial charge in [-0.15, -0.1) is 0 Å². The van der Waals surface area contributed by atoms with E-state index < -0.39 is 17.6 Å². The number of anilines is 1. The van der Waals surface area contributed by atoms with Crippen molar-refractivity contribution in [2.24, 2.45) is 0 Å². The summed E-state index contributed by atoms with van der Waals surface area (Å²) in [7, 11) is 0. The Bertz CT molecular complexity index is 911. The number of esters is 1. The van der Waals surface area contributed by atoms with Crippen LogP contribution in [0.1, 0.15) is 29.3 Å². The predicted octanol–water partition coefficient (Wildman–Crippen LogP) is 3.29. The van der Waals surface area contributed by atoms with Gasteiger partial charge in [0.25, 0.3) is 0 Å². The lowest BCUT2D eigenvalue weighted by Gasteiger charge is -2.22. The fourth-order valence-electron chi connectivity index (χ4n) is 3.21. The van der Waals surface area contributed by atoms with E-state index in [-0.39, 0.29) is 11.5 Å². The molecule has 0 spiro atoms. The molecule has 1 aromatic heterocycles. The molecule has 1 fully saturated rings. The summed E-state index contributed by atoms with van der Waals surface area (Å²) in [6, 6.07) is 7.00. The Morgan fingerprint density at radius 1 is 1.10 bits per heavy atom. The number of benzene rings is 1. The second-order valence-electron chi connectivity index (χ2n) is 6.76. The Morgan fingerprint density at radius 3 is 2.53 bits per heavy atom. The Kier molecular flexibility index (Phi) is 7.11. The van der Waals surface area contributed by atoms with Crippen LogP contribution in [-0.2, 0) is 9.53 Å². The number of ether oxygens (including phenoxy) is 1. The third kappa shape index (κ3) is 5.20. The molecular formula is C22H23F2N3O3. The molecule has 30 heavy (non-hydrogen) atoms. The second kappa shape index (κ2) is 9.96. The minimum Gasteiger partial charge on any atom is -0.462 e. The Hall–Kier alpha value is -3.29. The molecule has 0 N–H and O–H groups in total. The third-order valence-corrected chi connectivity index (χ3v) is 4.78. The summed E-state index contributed by atoms with van der Waals surface area (Å²) in [6.07, 6.45) is 4.57. The highest BCUT2D eigenvalue weighted by molar-refractivity contribution is 5.92. The van der Waals surface area contributed by atoms with Gasteiger partial charge in [-0.25, -0.2) is 18.6 Å². The van der Waals surface area contributed by atoms with Gasteiger partial charge in [0.05, 0.1) is 12.2 Å². The summed E-state index contributed by atoms with van der Waals surface area (Å²) in [6.45, 7) is 4.27. The number of halogens is 2. The maximum Gasteiger partial charge on any atom is 0.339 e. The lowest BCUT2D eigenvalue weighted by molar-refractivity contribution is -0.125. The van der Waals surface area contributed by atoms with Crippen LogP contribution in [0.25, 0.3) is 6.08 Å². The first-order valence-electron chi connectivity index (χ1n) is 9.78. The van der Waals surface area contributed by atoms with Crippen molar-refractivity contribution in [3.05, 3.63) is 65.4 Å². The number of rotatable bonds is 5. The zero-order valence-corrected chi connectivity index (χ0v) is 16.7. The third-order valence-electron chi connectivity index (χ3n) is 4.78. The SMILES string of the molecule is CCOC(=O)c1ccc(N2CCCN(C(=O)/C=C/c3c(F)cccc3F)CC2)nc1. The highest BCUT2D eigenvalue weighted by Gasteiger charge is 2.19. The fourth-order valence-corrected chi connectivity index (χ4v) is 3.21. The van der Waals surface area contributed by atoms with Crippen molar-refractivity contribution < 1.29 is 23.1 Å². The molecule has 0 atom stereocenters. The van der Waals surface area contributed by atoms with Gasteiger partial charge >= 0.3 is 5.97 Å². The lowest BCUT2D eigenvalue weighted by atomic mass is 10.2. The van der Waals surface area contributed by atoms with Crippen LogP contribution in [0.3, 0.4) is 0 Å². The van der Waals surface area contributed by atoms with Crippen LogP contribution in [-0.4, -0.2) is 54.5 Å². The first kappa shape index (κ1) is 21.4. The average molecular weight is 415 g/mol. The van der Waals surface area contributed by atoms with Crippen LogP contribution in [0.4, 0.5) is 14.6 Å². The molecule has 8 heteroatoms. The molecule has 1 aliphatic heterocycles. The molecule has 6 nitrogen and oxygen atoms in total. The van der Waals surface area contributed by atoms with Crippen LogP contribution in [0, 0.1) is 11.6 Å². The number of hydrogen-bond donors (Lipinski definition) is 0. The summed E-state index contributed by atoms with van der Waals surface area (Å²) in [5.41, 5.74) is 0.158. The van der Waals surface area contributed by atoms with E-state index in [2.05, 4.69) is 4.98 Å². The molecule has 1 saturated heterocycles. The summed E-state index contributed by atoms with van der Waals surface area (Å²) >= 11 is 0. The van der Waals surface area contributed by atoms with E-state index in [1.807, 2.05) is 4.90 Å². The van der Waals surface area contributed by atoms with Gasteiger partial charge in [0.2, 0.25) is 5.91 Å². The van der Waals surface area contributed by atoms with E-state index in [1.54, 1.807) is 24.0 Å². The van der Waals surface area contributed by atoms with Crippen molar-refractivity contribution in [2.45, 2.75) is 13.3 Å². The number of carbonyl (C=O) groups excluding carboxylic acids is 2. The van der Waals surface area contributed by atoms with Gasteiger partial charge in [-0.2, -0.15) is 0 Å². The second-order valence-corrected chi connectivity index (χ2v) is 6.76. The molecule has 0 aliphatic carbocycles. The van der Waals surface area contributed by atoms with Crippen molar-refractivity contribution in [1.29, 1.82) is 0 Å².